The minimum Gasteiger partial charge on any atom is -0.378 e. The molecule has 0 spiro atoms. The molecule has 0 unspecified atom stereocenters. The van der Waals surface area contributed by atoms with Crippen molar-refractivity contribution in [2.24, 2.45) is 0 Å². The molecule has 0 saturated carbocycles. The van der Waals surface area contributed by atoms with Gasteiger partial charge < -0.3 is 4.74 Å². The summed E-state index contributed by atoms with van der Waals surface area (Å²) >= 11 is 7.44. The van der Waals surface area contributed by atoms with Crippen molar-refractivity contribution in [3.8, 4) is 11.2 Å². The minimum absolute atomic E-state index is 0.251. The summed E-state index contributed by atoms with van der Waals surface area (Å²) in [4.78, 5) is 4.08. The molecule has 16 heavy (non-hydrogen) atoms. The number of rotatable bonds is 3. The number of halogens is 1. The van der Waals surface area contributed by atoms with E-state index in [4.69, 9.17) is 21.6 Å². The number of hydrogen-bond acceptors (Lipinski definition) is 5. The molecule has 0 aliphatic carbocycles. The van der Waals surface area contributed by atoms with Gasteiger partial charge in [-0.1, -0.05) is 11.6 Å². The van der Waals surface area contributed by atoms with E-state index in [-0.39, 0.29) is 11.8 Å². The van der Waals surface area contributed by atoms with E-state index in [1.54, 1.807) is 6.20 Å². The molecule has 2 aromatic heterocycles. The lowest BCUT2D eigenvalue weighted by atomic mass is 10.3. The van der Waals surface area contributed by atoms with Crippen molar-refractivity contribution in [1.29, 1.82) is 5.26 Å². The van der Waals surface area contributed by atoms with E-state index >= 15 is 0 Å². The third kappa shape index (κ3) is 1.80. The summed E-state index contributed by atoms with van der Waals surface area (Å²) in [6.07, 6.45) is 1.65. The summed E-state index contributed by atoms with van der Waals surface area (Å²) in [5.74, 6) is 0. The Morgan fingerprint density at radius 1 is 1.69 bits per heavy atom. The van der Waals surface area contributed by atoms with Crippen molar-refractivity contribution in [3.05, 3.63) is 28.0 Å². The van der Waals surface area contributed by atoms with E-state index < -0.39 is 0 Å². The Labute approximate surface area is 101 Å². The highest BCUT2D eigenvalue weighted by Gasteiger charge is 2.18. The van der Waals surface area contributed by atoms with E-state index in [9.17, 15) is 0 Å². The summed E-state index contributed by atoms with van der Waals surface area (Å²) in [6, 6.07) is 2.01. The molecule has 0 aliphatic heterocycles. The fourth-order valence-electron chi connectivity index (χ4n) is 1.24. The fourth-order valence-corrected chi connectivity index (χ4v) is 2.15. The lowest BCUT2D eigenvalue weighted by molar-refractivity contribution is 0.181. The standard InChI is InChI=1S/C9H7ClN4OS/c1-15-5-7-6(4-11)8(10)14(13-7)9-12-2-3-16-9/h2-3H,5H2,1H3. The molecule has 2 rings (SSSR count). The van der Waals surface area contributed by atoms with Gasteiger partial charge in [0.25, 0.3) is 0 Å². The van der Waals surface area contributed by atoms with Gasteiger partial charge in [0.1, 0.15) is 17.3 Å². The second-order valence-corrected chi connectivity index (χ2v) is 4.11. The molecule has 82 valence electrons. The molecule has 0 bridgehead atoms. The molecule has 0 aromatic carbocycles. The molecule has 7 heteroatoms. The van der Waals surface area contributed by atoms with Crippen LogP contribution in [0.2, 0.25) is 5.15 Å². The zero-order valence-corrected chi connectivity index (χ0v) is 9.92. The second kappa shape index (κ2) is 4.61. The zero-order chi connectivity index (χ0) is 11.5. The average molecular weight is 255 g/mol. The van der Waals surface area contributed by atoms with Gasteiger partial charge >= 0.3 is 0 Å². The van der Waals surface area contributed by atoms with E-state index in [0.717, 1.165) is 0 Å². The number of methoxy groups -OCH3 is 1. The fraction of sp³-hybridized carbons (Fsp3) is 0.222. The number of nitrogens with zero attached hydrogens (tertiary/aromatic N) is 4. The maximum Gasteiger partial charge on any atom is 0.211 e. The first-order chi connectivity index (χ1) is 7.77. The molecule has 2 heterocycles. The van der Waals surface area contributed by atoms with E-state index in [1.165, 1.54) is 23.1 Å². The summed E-state index contributed by atoms with van der Waals surface area (Å²) in [5.41, 5.74) is 0.851. The summed E-state index contributed by atoms with van der Waals surface area (Å²) < 4.78 is 6.40. The summed E-state index contributed by atoms with van der Waals surface area (Å²) in [7, 11) is 1.54. The lowest BCUT2D eigenvalue weighted by Crippen LogP contribution is -1.97. The Morgan fingerprint density at radius 3 is 3.06 bits per heavy atom. The number of thiazole rings is 1. The largest absolute Gasteiger partial charge is 0.378 e. The van der Waals surface area contributed by atoms with Crippen molar-refractivity contribution in [2.75, 3.05) is 7.11 Å². The smallest absolute Gasteiger partial charge is 0.211 e. The Hall–Kier alpha value is -1.42. The number of ether oxygens (including phenoxy) is 1. The van der Waals surface area contributed by atoms with Gasteiger partial charge in [-0.3, -0.25) is 0 Å². The second-order valence-electron chi connectivity index (χ2n) is 2.88. The average Bonchev–Trinajstić information content (AvgIpc) is 2.87. The highest BCUT2D eigenvalue weighted by molar-refractivity contribution is 7.12. The lowest BCUT2D eigenvalue weighted by Gasteiger charge is -1.95. The van der Waals surface area contributed by atoms with Gasteiger partial charge in [0.05, 0.1) is 6.61 Å². The van der Waals surface area contributed by atoms with Crippen LogP contribution in [0, 0.1) is 11.3 Å². The van der Waals surface area contributed by atoms with Gasteiger partial charge in [-0.15, -0.1) is 11.3 Å². The third-order valence-electron chi connectivity index (χ3n) is 1.89. The molecule has 0 radical (unpaired) electrons. The quantitative estimate of drug-likeness (QED) is 0.840. The normalized spacial score (nSPS) is 10.3. The van der Waals surface area contributed by atoms with Crippen LogP contribution in [0.4, 0.5) is 0 Å². The number of hydrogen-bond donors (Lipinski definition) is 0. The van der Waals surface area contributed by atoms with E-state index in [0.29, 0.717) is 16.4 Å². The predicted octanol–water partition coefficient (Wildman–Crippen LogP) is 2.00. The Morgan fingerprint density at radius 2 is 2.50 bits per heavy atom. The van der Waals surface area contributed by atoms with Gasteiger partial charge in [-0.25, -0.2) is 4.98 Å². The molecular weight excluding hydrogens is 248 g/mol. The summed E-state index contributed by atoms with van der Waals surface area (Å²) in [6.45, 7) is 0.251. The first kappa shape index (κ1) is 11.1. The minimum atomic E-state index is 0.251. The predicted molar refractivity (Wildman–Crippen MR) is 59.7 cm³/mol. The van der Waals surface area contributed by atoms with Crippen molar-refractivity contribution < 1.29 is 4.74 Å². The molecule has 0 N–H and O–H groups in total. The molecule has 0 fully saturated rings. The third-order valence-corrected chi connectivity index (χ3v) is 2.99. The van der Waals surface area contributed by atoms with Gasteiger partial charge in [0.15, 0.2) is 5.15 Å². The Bertz CT molecular complexity index is 528. The maximum atomic E-state index is 8.98. The molecule has 2 aromatic rings. The molecule has 0 atom stereocenters. The van der Waals surface area contributed by atoms with E-state index in [1.807, 2.05) is 11.4 Å². The molecular formula is C9H7ClN4OS. The molecule has 0 amide bonds. The van der Waals surface area contributed by atoms with Gasteiger partial charge in [-0.05, 0) is 0 Å². The topological polar surface area (TPSA) is 63.7 Å². The highest BCUT2D eigenvalue weighted by atomic mass is 35.5. The van der Waals surface area contributed by atoms with Crippen molar-refractivity contribution in [3.63, 3.8) is 0 Å². The monoisotopic (exact) mass is 254 g/mol. The zero-order valence-electron chi connectivity index (χ0n) is 8.35. The van der Waals surface area contributed by atoms with Crippen LogP contribution in [0.25, 0.3) is 5.13 Å². The Kier molecular flexibility index (Phi) is 3.19. The van der Waals surface area contributed by atoms with Crippen LogP contribution in [0.3, 0.4) is 0 Å². The van der Waals surface area contributed by atoms with E-state index in [2.05, 4.69) is 10.1 Å². The van der Waals surface area contributed by atoms with Crippen molar-refractivity contribution in [2.45, 2.75) is 6.61 Å². The van der Waals surface area contributed by atoms with Crippen LogP contribution in [-0.2, 0) is 11.3 Å². The van der Waals surface area contributed by atoms with Crippen LogP contribution < -0.4 is 0 Å². The van der Waals surface area contributed by atoms with Crippen LogP contribution in [0.1, 0.15) is 11.3 Å². The molecule has 0 aliphatic rings. The van der Waals surface area contributed by atoms with Gasteiger partial charge in [0, 0.05) is 18.7 Å². The van der Waals surface area contributed by atoms with Crippen LogP contribution >= 0.6 is 22.9 Å². The number of nitriles is 1. The first-order valence-electron chi connectivity index (χ1n) is 4.34. The Balaban J connectivity index is 2.53. The number of aromatic nitrogens is 3. The van der Waals surface area contributed by atoms with Gasteiger partial charge in [-0.2, -0.15) is 15.0 Å². The summed E-state index contributed by atoms with van der Waals surface area (Å²) in [5, 5.41) is 15.9. The van der Waals surface area contributed by atoms with Crippen LogP contribution in [0.15, 0.2) is 11.6 Å². The maximum absolute atomic E-state index is 8.98. The highest BCUT2D eigenvalue weighted by Crippen LogP contribution is 2.24. The van der Waals surface area contributed by atoms with Crippen molar-refractivity contribution in [1.82, 2.24) is 14.8 Å². The van der Waals surface area contributed by atoms with Gasteiger partial charge in [0.2, 0.25) is 5.13 Å². The SMILES string of the molecule is COCc1nn(-c2nccs2)c(Cl)c1C#N. The first-order valence-corrected chi connectivity index (χ1v) is 5.60. The molecule has 0 saturated heterocycles. The van der Waals surface area contributed by atoms with Crippen LogP contribution in [-0.4, -0.2) is 21.9 Å². The van der Waals surface area contributed by atoms with Crippen LogP contribution in [0.5, 0.6) is 0 Å². The van der Waals surface area contributed by atoms with Crippen molar-refractivity contribution >= 4 is 22.9 Å². The molecule has 5 nitrogen and oxygen atoms in total.